The van der Waals surface area contributed by atoms with Crippen LogP contribution >= 0.6 is 0 Å². The summed E-state index contributed by atoms with van der Waals surface area (Å²) in [6.45, 7) is 6.69. The van der Waals surface area contributed by atoms with Crippen molar-refractivity contribution >= 4 is 0 Å². The molecule has 0 amide bonds. The number of unbranched alkanes of at least 4 members (excludes halogenated alkanes) is 12. The Morgan fingerprint density at radius 2 is 1.15 bits per heavy atom. The van der Waals surface area contributed by atoms with Gasteiger partial charge < -0.3 is 5.73 Å². The number of hydrogen-bond donors (Lipinski definition) is 1. The molecule has 0 bridgehead atoms. The maximum absolute atomic E-state index is 6.47. The second-order valence-corrected chi connectivity index (χ2v) is 9.24. The Balaban J connectivity index is 2.03. The van der Waals surface area contributed by atoms with Crippen molar-refractivity contribution in [2.75, 3.05) is 0 Å². The highest BCUT2D eigenvalue weighted by molar-refractivity contribution is 5.16. The zero-order chi connectivity index (χ0) is 19.8. The Labute approximate surface area is 170 Å². The van der Waals surface area contributed by atoms with Crippen molar-refractivity contribution in [3.8, 4) is 0 Å². The van der Waals surface area contributed by atoms with E-state index in [0.717, 1.165) is 6.42 Å². The van der Waals surface area contributed by atoms with Gasteiger partial charge >= 0.3 is 0 Å². The molecule has 1 aromatic rings. The molecule has 1 atom stereocenters. The van der Waals surface area contributed by atoms with Crippen LogP contribution in [0, 0.1) is 5.92 Å². The van der Waals surface area contributed by atoms with Crippen LogP contribution < -0.4 is 5.73 Å². The van der Waals surface area contributed by atoms with Crippen molar-refractivity contribution in [3.63, 3.8) is 0 Å². The minimum Gasteiger partial charge on any atom is -0.325 e. The molecule has 0 saturated heterocycles. The standard InChI is InChI=1S/C26H47N/c1-4-5-6-7-8-9-10-11-12-13-14-15-19-22-25(26(2,3)27)23-24-20-17-16-18-21-24/h16-18,20-21,25H,4-15,19,22-23,27H2,1-3H3. The molecule has 0 radical (unpaired) electrons. The largest absolute Gasteiger partial charge is 0.325 e. The molecule has 0 spiro atoms. The third-order valence-corrected chi connectivity index (χ3v) is 6.03. The second-order valence-electron chi connectivity index (χ2n) is 9.24. The summed E-state index contributed by atoms with van der Waals surface area (Å²) in [5, 5.41) is 0. The van der Waals surface area contributed by atoms with Crippen LogP contribution in [-0.4, -0.2) is 5.54 Å². The average molecular weight is 374 g/mol. The number of rotatable bonds is 17. The van der Waals surface area contributed by atoms with E-state index in [1.165, 1.54) is 95.5 Å². The summed E-state index contributed by atoms with van der Waals surface area (Å²) in [5.41, 5.74) is 7.81. The van der Waals surface area contributed by atoms with Crippen molar-refractivity contribution in [1.82, 2.24) is 0 Å². The molecule has 1 unspecified atom stereocenters. The van der Waals surface area contributed by atoms with Gasteiger partial charge in [-0.1, -0.05) is 121 Å². The average Bonchev–Trinajstić information content (AvgIpc) is 2.64. The Kier molecular flexibility index (Phi) is 13.6. The minimum atomic E-state index is -0.0903. The Hall–Kier alpha value is -0.820. The number of nitrogens with two attached hydrogens (primary N) is 1. The van der Waals surface area contributed by atoms with E-state index in [-0.39, 0.29) is 5.54 Å². The lowest BCUT2D eigenvalue weighted by Gasteiger charge is -2.31. The molecule has 0 aromatic heterocycles. The van der Waals surface area contributed by atoms with Gasteiger partial charge in [0, 0.05) is 5.54 Å². The molecule has 156 valence electrons. The van der Waals surface area contributed by atoms with E-state index >= 15 is 0 Å². The summed E-state index contributed by atoms with van der Waals surface area (Å²) in [7, 11) is 0. The fourth-order valence-electron chi connectivity index (χ4n) is 4.04. The zero-order valence-corrected chi connectivity index (χ0v) is 18.6. The lowest BCUT2D eigenvalue weighted by atomic mass is 9.80. The van der Waals surface area contributed by atoms with Gasteiger partial charge in [0.25, 0.3) is 0 Å². The summed E-state index contributed by atoms with van der Waals surface area (Å²) in [5.74, 6) is 0.576. The number of benzene rings is 1. The predicted octanol–water partition coefficient (Wildman–Crippen LogP) is 8.06. The highest BCUT2D eigenvalue weighted by Crippen LogP contribution is 2.25. The quantitative estimate of drug-likeness (QED) is 0.274. The van der Waals surface area contributed by atoms with Crippen LogP contribution in [0.25, 0.3) is 0 Å². The molecule has 2 N–H and O–H groups in total. The van der Waals surface area contributed by atoms with Gasteiger partial charge in [0.1, 0.15) is 0 Å². The van der Waals surface area contributed by atoms with Crippen molar-refractivity contribution < 1.29 is 0 Å². The molecule has 1 rings (SSSR count). The van der Waals surface area contributed by atoms with E-state index < -0.39 is 0 Å². The van der Waals surface area contributed by atoms with Crippen LogP contribution in [-0.2, 0) is 6.42 Å². The highest BCUT2D eigenvalue weighted by Gasteiger charge is 2.24. The Bertz CT molecular complexity index is 431. The Morgan fingerprint density at radius 1 is 0.704 bits per heavy atom. The molecule has 27 heavy (non-hydrogen) atoms. The first kappa shape index (κ1) is 24.2. The predicted molar refractivity (Wildman–Crippen MR) is 122 cm³/mol. The molecule has 1 heteroatoms. The van der Waals surface area contributed by atoms with Gasteiger partial charge in [-0.15, -0.1) is 0 Å². The van der Waals surface area contributed by atoms with Gasteiger partial charge in [-0.05, 0) is 38.2 Å². The van der Waals surface area contributed by atoms with Gasteiger partial charge in [0.15, 0.2) is 0 Å². The third-order valence-electron chi connectivity index (χ3n) is 6.03. The molecular formula is C26H47N. The topological polar surface area (TPSA) is 26.0 Å². The van der Waals surface area contributed by atoms with E-state index in [1.54, 1.807) is 0 Å². The highest BCUT2D eigenvalue weighted by atomic mass is 14.7. The van der Waals surface area contributed by atoms with Crippen molar-refractivity contribution in [3.05, 3.63) is 35.9 Å². The van der Waals surface area contributed by atoms with E-state index in [4.69, 9.17) is 5.73 Å². The fraction of sp³-hybridized carbons (Fsp3) is 0.769. The molecule has 1 aromatic carbocycles. The summed E-state index contributed by atoms with van der Waals surface area (Å²) in [6, 6.07) is 10.9. The zero-order valence-electron chi connectivity index (χ0n) is 18.6. The lowest BCUT2D eigenvalue weighted by molar-refractivity contribution is 0.290. The van der Waals surface area contributed by atoms with E-state index in [9.17, 15) is 0 Å². The van der Waals surface area contributed by atoms with E-state index in [2.05, 4.69) is 51.1 Å². The minimum absolute atomic E-state index is 0.0903. The smallest absolute Gasteiger partial charge is 0.0129 e. The third kappa shape index (κ3) is 13.1. The summed E-state index contributed by atoms with van der Waals surface area (Å²) in [4.78, 5) is 0. The Morgan fingerprint density at radius 3 is 1.59 bits per heavy atom. The molecular weight excluding hydrogens is 326 g/mol. The van der Waals surface area contributed by atoms with Crippen LogP contribution in [0.5, 0.6) is 0 Å². The van der Waals surface area contributed by atoms with Crippen molar-refractivity contribution in [2.24, 2.45) is 11.7 Å². The second kappa shape index (κ2) is 15.1. The summed E-state index contributed by atoms with van der Waals surface area (Å²) < 4.78 is 0. The first-order chi connectivity index (χ1) is 13.0. The van der Waals surface area contributed by atoms with Gasteiger partial charge in [-0.3, -0.25) is 0 Å². The fourth-order valence-corrected chi connectivity index (χ4v) is 4.04. The summed E-state index contributed by atoms with van der Waals surface area (Å²) >= 11 is 0. The number of hydrogen-bond acceptors (Lipinski definition) is 1. The van der Waals surface area contributed by atoms with Crippen LogP contribution in [0.1, 0.15) is 116 Å². The molecule has 0 fully saturated rings. The van der Waals surface area contributed by atoms with Gasteiger partial charge in [-0.25, -0.2) is 0 Å². The monoisotopic (exact) mass is 373 g/mol. The van der Waals surface area contributed by atoms with Crippen molar-refractivity contribution in [1.29, 1.82) is 0 Å². The van der Waals surface area contributed by atoms with E-state index in [1.807, 2.05) is 0 Å². The SMILES string of the molecule is CCCCCCCCCCCCCCCC(Cc1ccccc1)C(C)(C)N. The molecule has 0 aliphatic heterocycles. The lowest BCUT2D eigenvalue weighted by Crippen LogP contribution is -2.42. The van der Waals surface area contributed by atoms with Crippen LogP contribution in [0.2, 0.25) is 0 Å². The van der Waals surface area contributed by atoms with Gasteiger partial charge in [-0.2, -0.15) is 0 Å². The maximum Gasteiger partial charge on any atom is 0.0129 e. The van der Waals surface area contributed by atoms with Gasteiger partial charge in [0.2, 0.25) is 0 Å². The maximum atomic E-state index is 6.47. The van der Waals surface area contributed by atoms with Gasteiger partial charge in [0.05, 0.1) is 0 Å². The van der Waals surface area contributed by atoms with Crippen LogP contribution in [0.4, 0.5) is 0 Å². The molecule has 0 aliphatic rings. The first-order valence-electron chi connectivity index (χ1n) is 11.9. The van der Waals surface area contributed by atoms with E-state index in [0.29, 0.717) is 5.92 Å². The first-order valence-corrected chi connectivity index (χ1v) is 11.9. The van der Waals surface area contributed by atoms with Crippen molar-refractivity contribution in [2.45, 2.75) is 123 Å². The molecule has 1 nitrogen and oxygen atoms in total. The molecule has 0 aliphatic carbocycles. The molecule has 0 heterocycles. The summed E-state index contributed by atoms with van der Waals surface area (Å²) in [6.07, 6.45) is 20.8. The normalized spacial score (nSPS) is 13.0. The van der Waals surface area contributed by atoms with Crippen LogP contribution in [0.3, 0.4) is 0 Å². The molecule has 0 saturated carbocycles. The van der Waals surface area contributed by atoms with Crippen LogP contribution in [0.15, 0.2) is 30.3 Å².